The summed E-state index contributed by atoms with van der Waals surface area (Å²) in [7, 11) is 0. The molecule has 0 bridgehead atoms. The van der Waals surface area contributed by atoms with E-state index < -0.39 is 0 Å². The van der Waals surface area contributed by atoms with Gasteiger partial charge in [-0.05, 0) is 13.3 Å². The molecule has 0 spiro atoms. The zero-order valence-corrected chi connectivity index (χ0v) is 6.45. The van der Waals surface area contributed by atoms with E-state index in [-0.39, 0.29) is 0 Å². The third kappa shape index (κ3) is 6.31. The summed E-state index contributed by atoms with van der Waals surface area (Å²) in [6, 6.07) is 0. The van der Waals surface area contributed by atoms with Gasteiger partial charge in [-0.2, -0.15) is 12.6 Å². The van der Waals surface area contributed by atoms with Crippen molar-refractivity contribution >= 4 is 12.6 Å². The van der Waals surface area contributed by atoms with Gasteiger partial charge in [-0.1, -0.05) is 6.92 Å². The van der Waals surface area contributed by atoms with Crippen LogP contribution in [0.3, 0.4) is 0 Å². The molecule has 0 saturated heterocycles. The second kappa shape index (κ2) is 5.45. The predicted molar refractivity (Wildman–Crippen MR) is 39.6 cm³/mol. The average molecular weight is 134 g/mol. The fourth-order valence-corrected chi connectivity index (χ4v) is 0.504. The molecule has 1 unspecified atom stereocenters. The molecule has 0 aromatic rings. The number of thiol groups is 1. The fourth-order valence-electron chi connectivity index (χ4n) is 0.398. The lowest BCUT2D eigenvalue weighted by Gasteiger charge is -2.01. The van der Waals surface area contributed by atoms with Crippen LogP contribution in [0.5, 0.6) is 0 Å². The maximum Gasteiger partial charge on any atom is 0.0476 e. The summed E-state index contributed by atoms with van der Waals surface area (Å²) >= 11 is 4.19. The van der Waals surface area contributed by atoms with Crippen molar-refractivity contribution in [3.63, 3.8) is 0 Å². The van der Waals surface area contributed by atoms with E-state index >= 15 is 0 Å². The molecule has 0 aliphatic rings. The highest BCUT2D eigenvalue weighted by Gasteiger charge is 1.91. The van der Waals surface area contributed by atoms with Crippen LogP contribution < -0.4 is 0 Å². The quantitative estimate of drug-likeness (QED) is 0.455. The van der Waals surface area contributed by atoms with Crippen LogP contribution in [0.25, 0.3) is 0 Å². The van der Waals surface area contributed by atoms with Gasteiger partial charge in [0.2, 0.25) is 0 Å². The van der Waals surface area contributed by atoms with E-state index in [0.717, 1.165) is 19.6 Å². The number of rotatable bonds is 4. The van der Waals surface area contributed by atoms with Gasteiger partial charge in [-0.25, -0.2) is 0 Å². The largest absolute Gasteiger partial charge is 0.382 e. The van der Waals surface area contributed by atoms with Crippen LogP contribution in [0.4, 0.5) is 0 Å². The summed E-state index contributed by atoms with van der Waals surface area (Å²) in [5.74, 6) is 0. The van der Waals surface area contributed by atoms with Gasteiger partial charge < -0.3 is 4.74 Å². The lowest BCUT2D eigenvalue weighted by Crippen LogP contribution is -1.99. The van der Waals surface area contributed by atoms with Crippen molar-refractivity contribution in [1.29, 1.82) is 0 Å². The first-order chi connectivity index (χ1) is 3.77. The monoisotopic (exact) mass is 134 g/mol. The Morgan fingerprint density at radius 1 is 1.62 bits per heavy atom. The second-order valence-corrected chi connectivity index (χ2v) is 2.72. The van der Waals surface area contributed by atoms with E-state index in [1.54, 1.807) is 0 Å². The summed E-state index contributed by atoms with van der Waals surface area (Å²) < 4.78 is 5.10. The minimum Gasteiger partial charge on any atom is -0.382 e. The Kier molecular flexibility index (Phi) is 5.66. The highest BCUT2D eigenvalue weighted by molar-refractivity contribution is 7.80. The van der Waals surface area contributed by atoms with E-state index in [1.807, 2.05) is 6.92 Å². The predicted octanol–water partition coefficient (Wildman–Crippen LogP) is 1.73. The fraction of sp³-hybridized carbons (Fsp3) is 1.00. The SMILES string of the molecule is CCOCCC(C)S. The minimum absolute atomic E-state index is 0.474. The normalized spacial score (nSPS) is 13.9. The first kappa shape index (κ1) is 8.31. The van der Waals surface area contributed by atoms with Crippen molar-refractivity contribution in [2.75, 3.05) is 13.2 Å². The highest BCUT2D eigenvalue weighted by Crippen LogP contribution is 1.97. The van der Waals surface area contributed by atoms with Crippen molar-refractivity contribution in [2.45, 2.75) is 25.5 Å². The van der Waals surface area contributed by atoms with Gasteiger partial charge >= 0.3 is 0 Å². The van der Waals surface area contributed by atoms with Crippen LogP contribution in [0.1, 0.15) is 20.3 Å². The van der Waals surface area contributed by atoms with E-state index in [4.69, 9.17) is 4.74 Å². The van der Waals surface area contributed by atoms with Gasteiger partial charge in [0.15, 0.2) is 0 Å². The molecule has 0 radical (unpaired) electrons. The van der Waals surface area contributed by atoms with Crippen LogP contribution in [-0.2, 0) is 4.74 Å². The Morgan fingerprint density at radius 3 is 2.62 bits per heavy atom. The Hall–Kier alpha value is 0.310. The lowest BCUT2D eigenvalue weighted by atomic mass is 10.3. The van der Waals surface area contributed by atoms with Gasteiger partial charge in [-0.3, -0.25) is 0 Å². The summed E-state index contributed by atoms with van der Waals surface area (Å²) in [6.07, 6.45) is 1.05. The summed E-state index contributed by atoms with van der Waals surface area (Å²) in [5.41, 5.74) is 0. The molecular formula is C6H14OS. The molecule has 0 aliphatic heterocycles. The summed E-state index contributed by atoms with van der Waals surface area (Å²) in [5, 5.41) is 0.474. The molecule has 0 heterocycles. The zero-order chi connectivity index (χ0) is 6.41. The highest BCUT2D eigenvalue weighted by atomic mass is 32.1. The third-order valence-corrected chi connectivity index (χ3v) is 1.14. The molecule has 0 rings (SSSR count). The van der Waals surface area contributed by atoms with Crippen LogP contribution in [0.15, 0.2) is 0 Å². The van der Waals surface area contributed by atoms with Gasteiger partial charge in [-0.15, -0.1) is 0 Å². The van der Waals surface area contributed by atoms with Gasteiger partial charge in [0.25, 0.3) is 0 Å². The average Bonchev–Trinajstić information content (AvgIpc) is 1.66. The topological polar surface area (TPSA) is 9.23 Å². The van der Waals surface area contributed by atoms with Crippen molar-refractivity contribution < 1.29 is 4.74 Å². The molecule has 1 atom stereocenters. The van der Waals surface area contributed by atoms with E-state index in [2.05, 4.69) is 19.6 Å². The van der Waals surface area contributed by atoms with E-state index in [1.165, 1.54) is 0 Å². The maximum absolute atomic E-state index is 5.10. The molecule has 1 nitrogen and oxygen atoms in total. The second-order valence-electron chi connectivity index (χ2n) is 1.83. The molecule has 0 aromatic carbocycles. The van der Waals surface area contributed by atoms with Gasteiger partial charge in [0, 0.05) is 18.5 Å². The van der Waals surface area contributed by atoms with Gasteiger partial charge in [0.1, 0.15) is 0 Å². The van der Waals surface area contributed by atoms with E-state index in [9.17, 15) is 0 Å². The van der Waals surface area contributed by atoms with Crippen molar-refractivity contribution in [2.24, 2.45) is 0 Å². The molecule has 0 N–H and O–H groups in total. The zero-order valence-electron chi connectivity index (χ0n) is 5.55. The third-order valence-electron chi connectivity index (χ3n) is 0.884. The standard InChI is InChI=1S/C6H14OS/c1-3-7-5-4-6(2)8/h6,8H,3-5H2,1-2H3. The first-order valence-electron chi connectivity index (χ1n) is 3.03. The molecule has 0 saturated carbocycles. The number of hydrogen-bond acceptors (Lipinski definition) is 2. The lowest BCUT2D eigenvalue weighted by molar-refractivity contribution is 0.145. The van der Waals surface area contributed by atoms with E-state index in [0.29, 0.717) is 5.25 Å². The molecule has 50 valence electrons. The van der Waals surface area contributed by atoms with Crippen molar-refractivity contribution in [3.8, 4) is 0 Å². The Balaban J connectivity index is 2.72. The smallest absolute Gasteiger partial charge is 0.0476 e. The van der Waals surface area contributed by atoms with Crippen molar-refractivity contribution in [1.82, 2.24) is 0 Å². The maximum atomic E-state index is 5.10. The first-order valence-corrected chi connectivity index (χ1v) is 3.54. The summed E-state index contributed by atoms with van der Waals surface area (Å²) in [6.45, 7) is 5.74. The molecule has 0 aliphatic carbocycles. The van der Waals surface area contributed by atoms with Crippen LogP contribution in [-0.4, -0.2) is 18.5 Å². The number of ether oxygens (including phenoxy) is 1. The van der Waals surface area contributed by atoms with Gasteiger partial charge in [0.05, 0.1) is 0 Å². The molecule has 0 aromatic heterocycles. The Morgan fingerprint density at radius 2 is 2.25 bits per heavy atom. The Bertz CT molecular complexity index is 45.8. The van der Waals surface area contributed by atoms with Crippen molar-refractivity contribution in [3.05, 3.63) is 0 Å². The van der Waals surface area contributed by atoms with Crippen LogP contribution in [0.2, 0.25) is 0 Å². The molecule has 8 heavy (non-hydrogen) atoms. The molecule has 0 fully saturated rings. The minimum atomic E-state index is 0.474. The summed E-state index contributed by atoms with van der Waals surface area (Å²) in [4.78, 5) is 0. The molecular weight excluding hydrogens is 120 g/mol. The number of hydrogen-bond donors (Lipinski definition) is 1. The Labute approximate surface area is 56.8 Å². The molecule has 2 heteroatoms. The van der Waals surface area contributed by atoms with Crippen LogP contribution in [0, 0.1) is 0 Å². The molecule has 0 amide bonds. The van der Waals surface area contributed by atoms with Crippen LogP contribution >= 0.6 is 12.6 Å².